The molecule has 0 N–H and O–H groups in total. The highest BCUT2D eigenvalue weighted by molar-refractivity contribution is 5.53. The van der Waals surface area contributed by atoms with Crippen LogP contribution in [0.3, 0.4) is 0 Å². The Morgan fingerprint density at radius 2 is 1.50 bits per heavy atom. The standard InChI is InChI=1S/C16H12/c1-3-9-15(10-4-1)13-7-8-14-16-11-5-2-6-12-16/h1-7,9-13H/b13-7-/i7D,13D. The van der Waals surface area contributed by atoms with Gasteiger partial charge in [-0.1, -0.05) is 60.4 Å². The first-order valence-corrected chi connectivity index (χ1v) is 5.07. The van der Waals surface area contributed by atoms with Crippen molar-refractivity contribution < 1.29 is 2.74 Å². The first-order chi connectivity index (χ1) is 8.77. The van der Waals surface area contributed by atoms with E-state index in [1.54, 1.807) is 12.1 Å². The summed E-state index contributed by atoms with van der Waals surface area (Å²) in [4.78, 5) is 0. The molecule has 0 fully saturated rings. The molecule has 2 aromatic carbocycles. The summed E-state index contributed by atoms with van der Waals surface area (Å²) in [5, 5.41) is 0. The van der Waals surface area contributed by atoms with E-state index in [1.165, 1.54) is 0 Å². The maximum Gasteiger partial charge on any atom is 0.0721 e. The highest BCUT2D eigenvalue weighted by Crippen LogP contribution is 2.00. The van der Waals surface area contributed by atoms with Gasteiger partial charge in [0.1, 0.15) is 0 Å². The van der Waals surface area contributed by atoms with Crippen molar-refractivity contribution in [3.8, 4) is 11.8 Å². The Balaban J connectivity index is 2.27. The van der Waals surface area contributed by atoms with Gasteiger partial charge in [-0.3, -0.25) is 0 Å². The van der Waals surface area contributed by atoms with Crippen LogP contribution < -0.4 is 0 Å². The van der Waals surface area contributed by atoms with E-state index >= 15 is 0 Å². The van der Waals surface area contributed by atoms with Gasteiger partial charge in [0.25, 0.3) is 0 Å². The Kier molecular flexibility index (Phi) is 2.78. The second-order valence-corrected chi connectivity index (χ2v) is 3.23. The molecular formula is C16H12. The van der Waals surface area contributed by atoms with Gasteiger partial charge in [0.15, 0.2) is 0 Å². The van der Waals surface area contributed by atoms with Gasteiger partial charge in [0, 0.05) is 5.56 Å². The molecule has 0 radical (unpaired) electrons. The Hall–Kier alpha value is -2.26. The molecule has 0 saturated carbocycles. The van der Waals surface area contributed by atoms with E-state index in [0.29, 0.717) is 5.56 Å². The molecule has 0 atom stereocenters. The van der Waals surface area contributed by atoms with Crippen molar-refractivity contribution in [1.29, 1.82) is 0 Å². The highest BCUT2D eigenvalue weighted by atomic mass is 13.9. The van der Waals surface area contributed by atoms with E-state index in [9.17, 15) is 0 Å². The molecular weight excluding hydrogens is 192 g/mol. The third-order valence-corrected chi connectivity index (χ3v) is 2.02. The lowest BCUT2D eigenvalue weighted by Crippen LogP contribution is -1.70. The fourth-order valence-electron chi connectivity index (χ4n) is 1.25. The van der Waals surface area contributed by atoms with Crippen LogP contribution in [0.15, 0.2) is 66.7 Å². The van der Waals surface area contributed by atoms with Gasteiger partial charge in [0.2, 0.25) is 0 Å². The van der Waals surface area contributed by atoms with E-state index in [1.807, 2.05) is 48.5 Å². The van der Waals surface area contributed by atoms with E-state index in [2.05, 4.69) is 11.8 Å². The molecule has 0 aliphatic heterocycles. The highest BCUT2D eigenvalue weighted by Gasteiger charge is 1.81. The summed E-state index contributed by atoms with van der Waals surface area (Å²) in [7, 11) is 0. The third kappa shape index (κ3) is 3.15. The maximum atomic E-state index is 7.87. The van der Waals surface area contributed by atoms with Crippen molar-refractivity contribution in [2.45, 2.75) is 0 Å². The lowest BCUT2D eigenvalue weighted by Gasteiger charge is -1.87. The van der Waals surface area contributed by atoms with Gasteiger partial charge in [-0.05, 0) is 29.8 Å². The fraction of sp³-hybridized carbons (Fsp3) is 0. The number of rotatable bonds is 1. The summed E-state index contributed by atoms with van der Waals surface area (Å²) in [5.74, 6) is 5.59. The lowest BCUT2D eigenvalue weighted by atomic mass is 10.2. The zero-order valence-corrected chi connectivity index (χ0v) is 8.77. The molecule has 0 amide bonds. The third-order valence-electron chi connectivity index (χ3n) is 2.02. The average molecular weight is 206 g/mol. The average Bonchev–Trinajstić information content (AvgIpc) is 2.46. The van der Waals surface area contributed by atoms with E-state index < -0.39 is 0 Å². The Morgan fingerprint density at radius 3 is 2.19 bits per heavy atom. The minimum absolute atomic E-state index is 0.0325. The molecule has 0 unspecified atom stereocenters. The van der Waals surface area contributed by atoms with Crippen LogP contribution in [0.25, 0.3) is 6.05 Å². The summed E-state index contributed by atoms with van der Waals surface area (Å²) in [6.45, 7) is 0. The smallest absolute Gasteiger partial charge is 0.0696 e. The van der Waals surface area contributed by atoms with Crippen molar-refractivity contribution in [3.05, 3.63) is 77.8 Å². The summed E-state index contributed by atoms with van der Waals surface area (Å²) < 4.78 is 15.7. The van der Waals surface area contributed by atoms with Crippen molar-refractivity contribution in [3.63, 3.8) is 0 Å². The molecule has 0 aromatic heterocycles. The molecule has 2 rings (SSSR count). The van der Waals surface area contributed by atoms with E-state index in [0.717, 1.165) is 5.56 Å². The van der Waals surface area contributed by atoms with Gasteiger partial charge in [-0.25, -0.2) is 0 Å². The fourth-order valence-corrected chi connectivity index (χ4v) is 1.25. The summed E-state index contributed by atoms with van der Waals surface area (Å²) >= 11 is 0. The molecule has 0 heteroatoms. The molecule has 76 valence electrons. The van der Waals surface area contributed by atoms with Crippen LogP contribution >= 0.6 is 0 Å². The van der Waals surface area contributed by atoms with Crippen molar-refractivity contribution in [2.24, 2.45) is 0 Å². The van der Waals surface area contributed by atoms with Crippen LogP contribution in [0, 0.1) is 11.8 Å². The summed E-state index contributed by atoms with van der Waals surface area (Å²) in [5.41, 5.74) is 1.56. The predicted molar refractivity (Wildman–Crippen MR) is 68.8 cm³/mol. The molecule has 2 aromatic rings. The molecule has 0 nitrogen and oxygen atoms in total. The van der Waals surface area contributed by atoms with Crippen LogP contribution in [-0.4, -0.2) is 0 Å². The minimum atomic E-state index is 0.0325. The Labute approximate surface area is 99.1 Å². The van der Waals surface area contributed by atoms with Gasteiger partial charge < -0.3 is 0 Å². The normalized spacial score (nSPS) is 12.8. The largest absolute Gasteiger partial charge is 0.0721 e. The topological polar surface area (TPSA) is 0 Å². The van der Waals surface area contributed by atoms with Gasteiger partial charge in [-0.15, -0.1) is 0 Å². The Bertz CT molecular complexity index is 602. The quantitative estimate of drug-likeness (QED) is 0.623. The molecule has 0 spiro atoms. The summed E-state index contributed by atoms with van der Waals surface area (Å²) in [6, 6.07) is 18.9. The van der Waals surface area contributed by atoms with Gasteiger partial charge >= 0.3 is 0 Å². The Morgan fingerprint density at radius 1 is 0.875 bits per heavy atom. The first kappa shape index (κ1) is 7.96. The minimum Gasteiger partial charge on any atom is -0.0696 e. The lowest BCUT2D eigenvalue weighted by molar-refractivity contribution is 1.65. The molecule has 0 heterocycles. The predicted octanol–water partition coefficient (Wildman–Crippen LogP) is 3.75. The van der Waals surface area contributed by atoms with Crippen LogP contribution in [0.1, 0.15) is 13.9 Å². The first-order valence-electron chi connectivity index (χ1n) is 6.07. The van der Waals surface area contributed by atoms with E-state index in [-0.39, 0.29) is 12.1 Å². The van der Waals surface area contributed by atoms with Crippen molar-refractivity contribution >= 4 is 6.05 Å². The van der Waals surface area contributed by atoms with E-state index in [4.69, 9.17) is 2.74 Å². The van der Waals surface area contributed by atoms with Gasteiger partial charge in [-0.2, -0.15) is 0 Å². The number of benzene rings is 2. The monoisotopic (exact) mass is 206 g/mol. The maximum absolute atomic E-state index is 7.87. The number of hydrogen-bond donors (Lipinski definition) is 0. The van der Waals surface area contributed by atoms with Crippen LogP contribution in [0.5, 0.6) is 0 Å². The van der Waals surface area contributed by atoms with Crippen LogP contribution in [0.4, 0.5) is 0 Å². The second kappa shape index (κ2) is 5.58. The van der Waals surface area contributed by atoms with Crippen LogP contribution in [-0.2, 0) is 0 Å². The molecule has 0 aliphatic rings. The number of allylic oxidation sites excluding steroid dienone is 1. The SMILES string of the molecule is [2H]/C(C#Cc1ccccc1)=C(\[2H])c1ccccc1. The zero-order valence-electron chi connectivity index (χ0n) is 10.8. The number of hydrogen-bond acceptors (Lipinski definition) is 0. The molecule has 0 saturated heterocycles. The molecule has 0 aliphatic carbocycles. The van der Waals surface area contributed by atoms with Gasteiger partial charge in [0.05, 0.1) is 2.74 Å². The molecule has 0 bridgehead atoms. The van der Waals surface area contributed by atoms with Crippen molar-refractivity contribution in [2.75, 3.05) is 0 Å². The zero-order chi connectivity index (χ0) is 12.8. The summed E-state index contributed by atoms with van der Waals surface area (Å²) in [6.07, 6.45) is 0. The van der Waals surface area contributed by atoms with Crippen LogP contribution in [0.2, 0.25) is 0 Å². The molecule has 16 heavy (non-hydrogen) atoms. The van der Waals surface area contributed by atoms with Crippen molar-refractivity contribution in [1.82, 2.24) is 0 Å². The second-order valence-electron chi connectivity index (χ2n) is 3.23.